The summed E-state index contributed by atoms with van der Waals surface area (Å²) in [6, 6.07) is 8.10. The number of fused-ring (bicyclic) bond motifs is 1. The number of anilines is 1. The second-order valence-corrected chi connectivity index (χ2v) is 8.50. The van der Waals surface area contributed by atoms with E-state index in [1.54, 1.807) is 4.52 Å². The Morgan fingerprint density at radius 1 is 1.16 bits per heavy atom. The molecule has 0 bridgehead atoms. The smallest absolute Gasteiger partial charge is 0.254 e. The van der Waals surface area contributed by atoms with E-state index >= 15 is 0 Å². The Morgan fingerprint density at radius 2 is 1.94 bits per heavy atom. The predicted molar refractivity (Wildman–Crippen MR) is 123 cm³/mol. The number of nitrogens with zero attached hydrogens (tertiary/aromatic N) is 4. The molecule has 8 nitrogen and oxygen atoms in total. The lowest BCUT2D eigenvalue weighted by molar-refractivity contribution is -0.116. The Kier molecular flexibility index (Phi) is 6.50. The summed E-state index contributed by atoms with van der Waals surface area (Å²) in [6.45, 7) is 7.00. The number of aromatic nitrogens is 3. The van der Waals surface area contributed by atoms with Gasteiger partial charge in [0.25, 0.3) is 5.91 Å². The van der Waals surface area contributed by atoms with Crippen molar-refractivity contribution in [2.45, 2.75) is 52.5 Å². The summed E-state index contributed by atoms with van der Waals surface area (Å²) < 4.78 is 1.62. The molecule has 4 rings (SSSR count). The quantitative estimate of drug-likeness (QED) is 0.595. The zero-order valence-electron chi connectivity index (χ0n) is 18.7. The van der Waals surface area contributed by atoms with Crippen LogP contribution in [-0.4, -0.2) is 44.4 Å². The average molecular weight is 435 g/mol. The molecule has 2 aromatic heterocycles. The van der Waals surface area contributed by atoms with Crippen LogP contribution in [0.1, 0.15) is 58.6 Å². The third kappa shape index (κ3) is 4.80. The molecule has 3 N–H and O–H groups in total. The van der Waals surface area contributed by atoms with Crippen molar-refractivity contribution < 1.29 is 9.59 Å². The van der Waals surface area contributed by atoms with Gasteiger partial charge in [0.1, 0.15) is 5.56 Å². The Labute approximate surface area is 187 Å². The lowest BCUT2D eigenvalue weighted by Crippen LogP contribution is -2.29. The van der Waals surface area contributed by atoms with E-state index in [9.17, 15) is 9.59 Å². The SMILES string of the molecule is Cc1nc2c(C(N)=O)cnn2c(C)c1CCC(=O)Nc1cccc(CN2CCCCC2)c1. The molecule has 0 spiro atoms. The van der Waals surface area contributed by atoms with Crippen LogP contribution >= 0.6 is 0 Å². The largest absolute Gasteiger partial charge is 0.365 e. The summed E-state index contributed by atoms with van der Waals surface area (Å²) in [6.07, 6.45) is 6.14. The fourth-order valence-corrected chi connectivity index (χ4v) is 4.43. The summed E-state index contributed by atoms with van der Waals surface area (Å²) in [5.41, 5.74) is 10.8. The van der Waals surface area contributed by atoms with Gasteiger partial charge in [0.15, 0.2) is 5.65 Å². The van der Waals surface area contributed by atoms with Crippen molar-refractivity contribution >= 4 is 23.1 Å². The van der Waals surface area contributed by atoms with Crippen LogP contribution in [0.15, 0.2) is 30.5 Å². The van der Waals surface area contributed by atoms with E-state index in [2.05, 4.69) is 32.4 Å². The maximum Gasteiger partial charge on any atom is 0.254 e. The highest BCUT2D eigenvalue weighted by Crippen LogP contribution is 2.20. The number of primary amides is 1. The number of rotatable bonds is 7. The van der Waals surface area contributed by atoms with E-state index in [1.165, 1.54) is 31.0 Å². The van der Waals surface area contributed by atoms with Crippen molar-refractivity contribution in [3.05, 3.63) is 58.5 Å². The van der Waals surface area contributed by atoms with Gasteiger partial charge >= 0.3 is 0 Å². The highest BCUT2D eigenvalue weighted by atomic mass is 16.2. The van der Waals surface area contributed by atoms with Crippen LogP contribution in [0.2, 0.25) is 0 Å². The minimum Gasteiger partial charge on any atom is -0.365 e. The van der Waals surface area contributed by atoms with Crippen LogP contribution in [0.4, 0.5) is 5.69 Å². The first-order valence-corrected chi connectivity index (χ1v) is 11.2. The summed E-state index contributed by atoms with van der Waals surface area (Å²) in [7, 11) is 0. The van der Waals surface area contributed by atoms with Crippen molar-refractivity contribution in [3.8, 4) is 0 Å². The van der Waals surface area contributed by atoms with Gasteiger partial charge in [-0.15, -0.1) is 0 Å². The van der Waals surface area contributed by atoms with E-state index in [0.29, 0.717) is 24.1 Å². The predicted octanol–water partition coefficient (Wildman–Crippen LogP) is 3.00. The van der Waals surface area contributed by atoms with Crippen LogP contribution in [-0.2, 0) is 17.8 Å². The zero-order chi connectivity index (χ0) is 22.7. The molecule has 0 unspecified atom stereocenters. The third-order valence-electron chi connectivity index (χ3n) is 6.14. The Bertz CT molecular complexity index is 1150. The second-order valence-electron chi connectivity index (χ2n) is 8.50. The van der Waals surface area contributed by atoms with Crippen molar-refractivity contribution in [1.82, 2.24) is 19.5 Å². The molecule has 168 valence electrons. The Morgan fingerprint density at radius 3 is 2.69 bits per heavy atom. The molecule has 1 fully saturated rings. The minimum atomic E-state index is -0.555. The summed E-state index contributed by atoms with van der Waals surface area (Å²) in [5, 5.41) is 7.27. The molecule has 0 atom stereocenters. The first-order valence-electron chi connectivity index (χ1n) is 11.2. The molecule has 32 heavy (non-hydrogen) atoms. The number of nitrogens with two attached hydrogens (primary N) is 1. The number of hydrogen-bond acceptors (Lipinski definition) is 5. The van der Waals surface area contributed by atoms with Gasteiger partial charge in [-0.1, -0.05) is 18.6 Å². The third-order valence-corrected chi connectivity index (χ3v) is 6.14. The lowest BCUT2D eigenvalue weighted by Gasteiger charge is -2.26. The molecule has 0 radical (unpaired) electrons. The van der Waals surface area contributed by atoms with Gasteiger partial charge in [-0.05, 0) is 69.5 Å². The van der Waals surface area contributed by atoms with Crippen LogP contribution in [0.25, 0.3) is 5.65 Å². The Balaban J connectivity index is 1.40. The van der Waals surface area contributed by atoms with Crippen LogP contribution < -0.4 is 11.1 Å². The number of amides is 2. The number of carbonyl (C=O) groups excluding carboxylic acids is 2. The molecule has 3 heterocycles. The molecular weight excluding hydrogens is 404 g/mol. The Hall–Kier alpha value is -3.26. The van der Waals surface area contributed by atoms with Crippen molar-refractivity contribution in [2.75, 3.05) is 18.4 Å². The molecule has 2 amide bonds. The second kappa shape index (κ2) is 9.48. The minimum absolute atomic E-state index is 0.0442. The fraction of sp³-hybridized carbons (Fsp3) is 0.417. The van der Waals surface area contributed by atoms with Gasteiger partial charge in [-0.3, -0.25) is 14.5 Å². The van der Waals surface area contributed by atoms with Gasteiger partial charge < -0.3 is 11.1 Å². The highest BCUT2D eigenvalue weighted by Gasteiger charge is 2.17. The maximum absolute atomic E-state index is 12.6. The number of benzene rings is 1. The van der Waals surface area contributed by atoms with E-state index in [1.807, 2.05) is 26.0 Å². The topological polar surface area (TPSA) is 106 Å². The molecular formula is C24H30N6O2. The number of hydrogen-bond donors (Lipinski definition) is 2. The maximum atomic E-state index is 12.6. The van der Waals surface area contributed by atoms with E-state index < -0.39 is 5.91 Å². The molecule has 1 aromatic carbocycles. The molecule has 1 aliphatic rings. The fourth-order valence-electron chi connectivity index (χ4n) is 4.43. The standard InChI is InChI=1S/C24H30N6O2/c1-16-20(17(2)30-24(27-16)21(14-26-30)23(25)32)9-10-22(31)28-19-8-6-7-18(13-19)15-29-11-4-3-5-12-29/h6-8,13-14H,3-5,9-12,15H2,1-2H3,(H2,25,32)(H,28,31). The van der Waals surface area contributed by atoms with Crippen molar-refractivity contribution in [3.63, 3.8) is 0 Å². The molecule has 0 aliphatic carbocycles. The summed E-state index contributed by atoms with van der Waals surface area (Å²) in [4.78, 5) is 31.2. The average Bonchev–Trinajstić information content (AvgIpc) is 3.19. The van der Waals surface area contributed by atoms with Crippen molar-refractivity contribution in [1.29, 1.82) is 0 Å². The van der Waals surface area contributed by atoms with Gasteiger partial charge in [-0.25, -0.2) is 9.50 Å². The van der Waals surface area contributed by atoms with Gasteiger partial charge in [0.05, 0.1) is 6.20 Å². The lowest BCUT2D eigenvalue weighted by atomic mass is 10.1. The van der Waals surface area contributed by atoms with Gasteiger partial charge in [0, 0.05) is 30.0 Å². The first-order chi connectivity index (χ1) is 15.4. The van der Waals surface area contributed by atoms with Gasteiger partial charge in [0.2, 0.25) is 5.91 Å². The zero-order valence-corrected chi connectivity index (χ0v) is 18.7. The van der Waals surface area contributed by atoms with Crippen LogP contribution in [0.5, 0.6) is 0 Å². The number of nitrogens with one attached hydrogen (secondary N) is 1. The summed E-state index contributed by atoms with van der Waals surface area (Å²) in [5.74, 6) is -0.599. The summed E-state index contributed by atoms with van der Waals surface area (Å²) >= 11 is 0. The van der Waals surface area contributed by atoms with E-state index in [4.69, 9.17) is 5.73 Å². The number of carbonyl (C=O) groups is 2. The molecule has 1 saturated heterocycles. The molecule has 0 saturated carbocycles. The number of aryl methyl sites for hydroxylation is 2. The molecule has 3 aromatic rings. The highest BCUT2D eigenvalue weighted by molar-refractivity contribution is 5.98. The monoisotopic (exact) mass is 434 g/mol. The van der Waals surface area contributed by atoms with Crippen molar-refractivity contribution in [2.24, 2.45) is 5.73 Å². The van der Waals surface area contributed by atoms with Crippen LogP contribution in [0, 0.1) is 13.8 Å². The van der Waals surface area contributed by atoms with Crippen LogP contribution in [0.3, 0.4) is 0 Å². The molecule has 1 aliphatic heterocycles. The molecule has 8 heteroatoms. The van der Waals surface area contributed by atoms with E-state index in [-0.39, 0.29) is 5.91 Å². The number of likely N-dealkylation sites (tertiary alicyclic amines) is 1. The first kappa shape index (κ1) is 22.0. The van der Waals surface area contributed by atoms with Gasteiger partial charge in [-0.2, -0.15) is 5.10 Å². The van der Waals surface area contributed by atoms with E-state index in [0.717, 1.165) is 42.3 Å². The normalized spacial score (nSPS) is 14.6. The number of piperidine rings is 1.